The zero-order valence-electron chi connectivity index (χ0n) is 14.9. The third kappa shape index (κ3) is 5.75. The van der Waals surface area contributed by atoms with Crippen molar-refractivity contribution in [3.8, 4) is 6.07 Å². The van der Waals surface area contributed by atoms with Crippen molar-refractivity contribution in [2.75, 3.05) is 0 Å². The van der Waals surface area contributed by atoms with Crippen LogP contribution in [0.5, 0.6) is 0 Å². The second kappa shape index (κ2) is 9.38. The van der Waals surface area contributed by atoms with Gasteiger partial charge in [-0.15, -0.1) is 0 Å². The van der Waals surface area contributed by atoms with Crippen molar-refractivity contribution in [2.24, 2.45) is 0 Å². The van der Waals surface area contributed by atoms with Gasteiger partial charge in [0.15, 0.2) is 6.10 Å². The van der Waals surface area contributed by atoms with Crippen molar-refractivity contribution in [3.05, 3.63) is 71.3 Å². The molecule has 0 aromatic heterocycles. The molecule has 134 valence electrons. The number of hydrogen-bond acceptors (Lipinski definition) is 4. The number of carbonyl (C=O) groups is 2. The molecule has 0 aliphatic carbocycles. The maximum Gasteiger partial charge on any atom is 0.338 e. The van der Waals surface area contributed by atoms with Crippen LogP contribution in [0, 0.1) is 11.3 Å². The minimum Gasteiger partial charge on any atom is -0.449 e. The molecule has 2 aromatic rings. The van der Waals surface area contributed by atoms with Crippen LogP contribution < -0.4 is 5.32 Å². The summed E-state index contributed by atoms with van der Waals surface area (Å²) in [4.78, 5) is 24.3. The van der Waals surface area contributed by atoms with Crippen molar-refractivity contribution < 1.29 is 14.3 Å². The predicted molar refractivity (Wildman–Crippen MR) is 98.4 cm³/mol. The van der Waals surface area contributed by atoms with Crippen molar-refractivity contribution in [2.45, 2.75) is 38.8 Å². The zero-order valence-corrected chi connectivity index (χ0v) is 14.9. The molecule has 0 fully saturated rings. The molecule has 26 heavy (non-hydrogen) atoms. The molecule has 0 saturated carbocycles. The summed E-state index contributed by atoms with van der Waals surface area (Å²) in [7, 11) is 0. The van der Waals surface area contributed by atoms with Crippen LogP contribution >= 0.6 is 0 Å². The van der Waals surface area contributed by atoms with Gasteiger partial charge in [0.1, 0.15) is 0 Å². The Labute approximate surface area is 153 Å². The average Bonchev–Trinajstić information content (AvgIpc) is 2.67. The fraction of sp³-hybridized carbons (Fsp3) is 0.286. The number of carbonyl (C=O) groups excluding carboxylic acids is 2. The van der Waals surface area contributed by atoms with E-state index in [0.717, 1.165) is 12.8 Å². The van der Waals surface area contributed by atoms with Gasteiger partial charge in [0.05, 0.1) is 17.2 Å². The summed E-state index contributed by atoms with van der Waals surface area (Å²) in [5.74, 6) is -0.915. The second-order valence-corrected chi connectivity index (χ2v) is 6.17. The van der Waals surface area contributed by atoms with Gasteiger partial charge in [0.2, 0.25) is 0 Å². The van der Waals surface area contributed by atoms with E-state index >= 15 is 0 Å². The van der Waals surface area contributed by atoms with Gasteiger partial charge in [-0.1, -0.05) is 30.3 Å². The van der Waals surface area contributed by atoms with Crippen LogP contribution in [0.3, 0.4) is 0 Å². The van der Waals surface area contributed by atoms with Crippen LogP contribution in [0.15, 0.2) is 54.6 Å². The van der Waals surface area contributed by atoms with Gasteiger partial charge in [0.25, 0.3) is 5.91 Å². The Hall–Kier alpha value is -3.13. The number of benzene rings is 2. The lowest BCUT2D eigenvalue weighted by Gasteiger charge is -2.18. The number of nitrogens with one attached hydrogen (secondary N) is 1. The third-order valence-electron chi connectivity index (χ3n) is 4.00. The molecular weight excluding hydrogens is 328 g/mol. The molecular formula is C21H22N2O3. The number of hydrogen-bond donors (Lipinski definition) is 1. The minimum atomic E-state index is -0.891. The molecule has 5 heteroatoms. The van der Waals surface area contributed by atoms with Gasteiger partial charge in [-0.05, 0) is 56.5 Å². The monoisotopic (exact) mass is 350 g/mol. The predicted octanol–water partition coefficient (Wildman–Crippen LogP) is 3.24. The Morgan fingerprint density at radius 2 is 1.73 bits per heavy atom. The van der Waals surface area contributed by atoms with Gasteiger partial charge in [-0.25, -0.2) is 4.79 Å². The smallest absolute Gasteiger partial charge is 0.338 e. The van der Waals surface area contributed by atoms with E-state index in [1.165, 1.54) is 29.8 Å². The molecule has 0 spiro atoms. The van der Waals surface area contributed by atoms with Gasteiger partial charge < -0.3 is 10.1 Å². The molecule has 0 unspecified atom stereocenters. The number of esters is 1. The molecule has 1 N–H and O–H groups in total. The van der Waals surface area contributed by atoms with E-state index in [9.17, 15) is 9.59 Å². The van der Waals surface area contributed by atoms with Crippen LogP contribution in [0.2, 0.25) is 0 Å². The number of ether oxygens (including phenoxy) is 1. The van der Waals surface area contributed by atoms with E-state index in [1.54, 1.807) is 6.92 Å². The zero-order chi connectivity index (χ0) is 18.9. The van der Waals surface area contributed by atoms with Gasteiger partial charge in [-0.2, -0.15) is 5.26 Å². The Morgan fingerprint density at radius 1 is 1.08 bits per heavy atom. The van der Waals surface area contributed by atoms with E-state index < -0.39 is 12.1 Å². The molecule has 0 aliphatic rings. The van der Waals surface area contributed by atoms with Gasteiger partial charge in [-0.3, -0.25) is 4.79 Å². The number of rotatable bonds is 7. The van der Waals surface area contributed by atoms with Crippen molar-refractivity contribution in [1.29, 1.82) is 5.26 Å². The van der Waals surface area contributed by atoms with E-state index in [1.807, 2.05) is 31.2 Å². The summed E-state index contributed by atoms with van der Waals surface area (Å²) < 4.78 is 5.20. The lowest BCUT2D eigenvalue weighted by atomic mass is 10.1. The fourth-order valence-electron chi connectivity index (χ4n) is 2.42. The summed E-state index contributed by atoms with van der Waals surface area (Å²) in [5.41, 5.74) is 1.98. The minimum absolute atomic E-state index is 0.0289. The van der Waals surface area contributed by atoms with E-state index in [-0.39, 0.29) is 11.9 Å². The molecule has 0 aliphatic heterocycles. The molecule has 0 radical (unpaired) electrons. The first-order chi connectivity index (χ1) is 12.5. The number of amides is 1. The molecule has 2 rings (SSSR count). The summed E-state index contributed by atoms with van der Waals surface area (Å²) in [6.45, 7) is 3.47. The van der Waals surface area contributed by atoms with Crippen LogP contribution in [0.1, 0.15) is 41.8 Å². The van der Waals surface area contributed by atoms with Crippen LogP contribution in [-0.2, 0) is 16.0 Å². The second-order valence-electron chi connectivity index (χ2n) is 6.17. The van der Waals surface area contributed by atoms with Crippen molar-refractivity contribution >= 4 is 11.9 Å². The maximum atomic E-state index is 12.2. The molecule has 1 amide bonds. The highest BCUT2D eigenvalue weighted by atomic mass is 16.5. The van der Waals surface area contributed by atoms with E-state index in [4.69, 9.17) is 10.00 Å². The summed E-state index contributed by atoms with van der Waals surface area (Å²) >= 11 is 0. The number of nitrogens with zero attached hydrogens (tertiary/aromatic N) is 1. The molecule has 0 heterocycles. The summed E-state index contributed by atoms with van der Waals surface area (Å²) in [5, 5.41) is 11.6. The van der Waals surface area contributed by atoms with Gasteiger partial charge in [0, 0.05) is 6.04 Å². The van der Waals surface area contributed by atoms with Gasteiger partial charge >= 0.3 is 5.97 Å². The highest BCUT2D eigenvalue weighted by Crippen LogP contribution is 2.08. The van der Waals surface area contributed by atoms with Crippen LogP contribution in [0.4, 0.5) is 0 Å². The largest absolute Gasteiger partial charge is 0.449 e. The standard InChI is InChI=1S/C21H22N2O3/c1-15(8-9-17-6-4-3-5-7-17)23-20(24)16(2)26-21(25)19-12-10-18(14-22)11-13-19/h3-7,10-13,15-16H,8-9H2,1-2H3,(H,23,24)/t15-,16+/m0/s1. The highest BCUT2D eigenvalue weighted by molar-refractivity contribution is 5.92. The first kappa shape index (κ1) is 19.2. The summed E-state index contributed by atoms with van der Waals surface area (Å²) in [6.07, 6.45) is 0.769. The molecule has 2 atom stereocenters. The average molecular weight is 350 g/mol. The molecule has 2 aromatic carbocycles. The lowest BCUT2D eigenvalue weighted by Crippen LogP contribution is -2.41. The topological polar surface area (TPSA) is 79.2 Å². The van der Waals surface area contributed by atoms with Crippen molar-refractivity contribution in [1.82, 2.24) is 5.32 Å². The van der Waals surface area contributed by atoms with Crippen LogP contribution in [-0.4, -0.2) is 24.0 Å². The quantitative estimate of drug-likeness (QED) is 0.778. The Balaban J connectivity index is 1.80. The first-order valence-electron chi connectivity index (χ1n) is 8.55. The number of nitriles is 1. The highest BCUT2D eigenvalue weighted by Gasteiger charge is 2.20. The lowest BCUT2D eigenvalue weighted by molar-refractivity contribution is -0.129. The first-order valence-corrected chi connectivity index (χ1v) is 8.55. The number of aryl methyl sites for hydroxylation is 1. The maximum absolute atomic E-state index is 12.2. The normalized spacial score (nSPS) is 12.5. The van der Waals surface area contributed by atoms with Crippen LogP contribution in [0.25, 0.3) is 0 Å². The van der Waals surface area contributed by atoms with E-state index in [0.29, 0.717) is 11.1 Å². The Bertz CT molecular complexity index is 779. The molecule has 5 nitrogen and oxygen atoms in total. The Morgan fingerprint density at radius 3 is 2.35 bits per heavy atom. The Kier molecular flexibility index (Phi) is 6.92. The third-order valence-corrected chi connectivity index (χ3v) is 4.00. The fourth-order valence-corrected chi connectivity index (χ4v) is 2.42. The molecule has 0 bridgehead atoms. The SMILES string of the molecule is C[C@@H](CCc1ccccc1)NC(=O)[C@@H](C)OC(=O)c1ccc(C#N)cc1. The molecule has 0 saturated heterocycles. The summed E-state index contributed by atoms with van der Waals surface area (Å²) in [6, 6.07) is 18.1. The van der Waals surface area contributed by atoms with Crippen molar-refractivity contribution in [3.63, 3.8) is 0 Å². The van der Waals surface area contributed by atoms with E-state index in [2.05, 4.69) is 17.4 Å².